The minimum absolute atomic E-state index is 0.120. The fourth-order valence-corrected chi connectivity index (χ4v) is 9.36. The van der Waals surface area contributed by atoms with Crippen LogP contribution in [0, 0.1) is 10.8 Å². The molecule has 0 bridgehead atoms. The van der Waals surface area contributed by atoms with Crippen molar-refractivity contribution < 1.29 is 9.47 Å². The van der Waals surface area contributed by atoms with Gasteiger partial charge in [0.1, 0.15) is 11.5 Å². The average Bonchev–Trinajstić information content (AvgIpc) is 3.30. The van der Waals surface area contributed by atoms with Crippen molar-refractivity contribution >= 4 is 22.5 Å². The van der Waals surface area contributed by atoms with Gasteiger partial charge < -0.3 is 14.4 Å². The van der Waals surface area contributed by atoms with Gasteiger partial charge in [0, 0.05) is 47.3 Å². The summed E-state index contributed by atoms with van der Waals surface area (Å²) in [5.74, 6) is 1.81. The van der Waals surface area contributed by atoms with Crippen molar-refractivity contribution in [3.63, 3.8) is 0 Å². The highest BCUT2D eigenvalue weighted by Crippen LogP contribution is 2.65. The standard InChI is InChI=1S/C45H47NO2/c1-42(2)26-27-43(3,4)29-44(28-42)38-15-11-10-14-36(38)39-34-12-8-9-13-35(34)41-37(40(39)44)24-25-45(48-41,31-18-22-33(47-7)23-19-31)30-16-20-32(21-17-30)46(5)6/h8-25H,26-29H2,1-7H3. The lowest BCUT2D eigenvalue weighted by Gasteiger charge is -2.42. The molecule has 244 valence electrons. The summed E-state index contributed by atoms with van der Waals surface area (Å²) in [5.41, 5.74) is 9.75. The van der Waals surface area contributed by atoms with Crippen LogP contribution in [0.4, 0.5) is 5.69 Å². The first-order chi connectivity index (χ1) is 23.0. The average molecular weight is 634 g/mol. The zero-order chi connectivity index (χ0) is 33.5. The van der Waals surface area contributed by atoms with Crippen molar-refractivity contribution in [3.05, 3.63) is 131 Å². The van der Waals surface area contributed by atoms with E-state index in [0.29, 0.717) is 0 Å². The van der Waals surface area contributed by atoms with Crippen LogP contribution < -0.4 is 14.4 Å². The lowest BCUT2D eigenvalue weighted by atomic mass is 9.62. The maximum atomic E-state index is 7.63. The molecular weight excluding hydrogens is 587 g/mol. The summed E-state index contributed by atoms with van der Waals surface area (Å²) < 4.78 is 13.2. The second kappa shape index (κ2) is 10.8. The molecule has 1 unspecified atom stereocenters. The molecule has 2 aliphatic carbocycles. The molecule has 0 amide bonds. The molecule has 3 nitrogen and oxygen atoms in total. The zero-order valence-corrected chi connectivity index (χ0v) is 29.5. The Bertz CT molecular complexity index is 2050. The third-order valence-electron chi connectivity index (χ3n) is 11.5. The van der Waals surface area contributed by atoms with E-state index in [1.807, 2.05) is 12.1 Å². The van der Waals surface area contributed by atoms with Gasteiger partial charge in [0.2, 0.25) is 0 Å². The first-order valence-electron chi connectivity index (χ1n) is 17.5. The fourth-order valence-electron chi connectivity index (χ4n) is 9.36. The minimum Gasteiger partial charge on any atom is -0.497 e. The van der Waals surface area contributed by atoms with Gasteiger partial charge in [-0.3, -0.25) is 0 Å². The van der Waals surface area contributed by atoms with Crippen LogP contribution in [-0.4, -0.2) is 21.2 Å². The van der Waals surface area contributed by atoms with Gasteiger partial charge in [0.15, 0.2) is 5.60 Å². The maximum absolute atomic E-state index is 7.63. The van der Waals surface area contributed by atoms with Crippen LogP contribution in [0.1, 0.15) is 81.2 Å². The predicted molar refractivity (Wildman–Crippen MR) is 200 cm³/mol. The van der Waals surface area contributed by atoms with Crippen molar-refractivity contribution in [2.45, 2.75) is 64.4 Å². The van der Waals surface area contributed by atoms with Gasteiger partial charge in [0.05, 0.1) is 7.11 Å². The summed E-state index contributed by atoms with van der Waals surface area (Å²) in [5, 5.41) is 2.44. The molecule has 5 aromatic carbocycles. The van der Waals surface area contributed by atoms with Crippen LogP contribution in [0.2, 0.25) is 0 Å². The third-order valence-corrected chi connectivity index (χ3v) is 11.5. The number of rotatable bonds is 4. The van der Waals surface area contributed by atoms with Gasteiger partial charge in [-0.2, -0.15) is 0 Å². The molecular formula is C45H47NO2. The Morgan fingerprint density at radius 3 is 1.90 bits per heavy atom. The van der Waals surface area contributed by atoms with Gasteiger partial charge in [-0.1, -0.05) is 107 Å². The van der Waals surface area contributed by atoms with Crippen LogP contribution >= 0.6 is 0 Å². The molecule has 0 N–H and O–H groups in total. The Kier molecular flexibility index (Phi) is 6.90. The minimum atomic E-state index is -0.818. The summed E-state index contributed by atoms with van der Waals surface area (Å²) in [7, 11) is 5.88. The summed E-state index contributed by atoms with van der Waals surface area (Å²) in [6.07, 6.45) is 9.41. The Labute approximate surface area is 286 Å². The summed E-state index contributed by atoms with van der Waals surface area (Å²) in [6.45, 7) is 9.96. The molecule has 1 heterocycles. The molecule has 1 saturated carbocycles. The zero-order valence-electron chi connectivity index (χ0n) is 29.5. The highest BCUT2D eigenvalue weighted by atomic mass is 16.5. The Hall–Kier alpha value is -4.50. The maximum Gasteiger partial charge on any atom is 0.178 e. The fraction of sp³-hybridized carbons (Fsp3) is 0.333. The van der Waals surface area contributed by atoms with E-state index in [1.165, 1.54) is 46.0 Å². The lowest BCUT2D eigenvalue weighted by molar-refractivity contribution is 0.162. The van der Waals surface area contributed by atoms with E-state index in [-0.39, 0.29) is 16.2 Å². The van der Waals surface area contributed by atoms with E-state index < -0.39 is 5.60 Å². The quantitative estimate of drug-likeness (QED) is 0.197. The molecule has 1 aliphatic heterocycles. The van der Waals surface area contributed by atoms with Crippen molar-refractivity contribution in [2.24, 2.45) is 10.8 Å². The van der Waals surface area contributed by atoms with Crippen molar-refractivity contribution in [2.75, 3.05) is 26.1 Å². The highest BCUT2D eigenvalue weighted by Gasteiger charge is 2.53. The Morgan fingerprint density at radius 2 is 1.27 bits per heavy atom. The van der Waals surface area contributed by atoms with Crippen LogP contribution in [-0.2, 0) is 11.0 Å². The molecule has 3 heteroatoms. The molecule has 0 saturated heterocycles. The number of benzene rings is 5. The number of ether oxygens (including phenoxy) is 2. The molecule has 3 aliphatic rings. The third kappa shape index (κ3) is 4.61. The lowest BCUT2D eigenvalue weighted by Crippen LogP contribution is -2.37. The molecule has 0 aromatic heterocycles. The molecule has 1 atom stereocenters. The summed E-state index contributed by atoms with van der Waals surface area (Å²) >= 11 is 0. The van der Waals surface area contributed by atoms with Gasteiger partial charge in [0.25, 0.3) is 0 Å². The molecule has 0 radical (unpaired) electrons. The van der Waals surface area contributed by atoms with Crippen LogP contribution in [0.3, 0.4) is 0 Å². The topological polar surface area (TPSA) is 21.7 Å². The molecule has 8 rings (SSSR count). The van der Waals surface area contributed by atoms with Crippen molar-refractivity contribution in [3.8, 4) is 22.6 Å². The number of methoxy groups -OCH3 is 1. The number of nitrogens with zero attached hydrogens (tertiary/aromatic N) is 1. The van der Waals surface area contributed by atoms with Gasteiger partial charge in [-0.15, -0.1) is 0 Å². The molecule has 1 fully saturated rings. The number of fused-ring (bicyclic) bond motifs is 10. The summed E-state index contributed by atoms with van der Waals surface area (Å²) in [4.78, 5) is 2.14. The molecule has 48 heavy (non-hydrogen) atoms. The molecule has 1 spiro atoms. The van der Waals surface area contributed by atoms with Crippen LogP contribution in [0.25, 0.3) is 28.0 Å². The van der Waals surface area contributed by atoms with E-state index in [1.54, 1.807) is 7.11 Å². The number of hydrogen-bond acceptors (Lipinski definition) is 3. The second-order valence-corrected chi connectivity index (χ2v) is 16.2. The van der Waals surface area contributed by atoms with E-state index in [0.717, 1.165) is 46.5 Å². The van der Waals surface area contributed by atoms with E-state index in [9.17, 15) is 0 Å². The SMILES string of the molecule is COc1ccc(C2(c3ccc(N(C)C)cc3)C=Cc3c4c(c5ccccc5c3O2)-c2ccccc2C42CC(C)(C)CCC(C)(C)C2)cc1. The van der Waals surface area contributed by atoms with E-state index in [4.69, 9.17) is 9.47 Å². The normalized spacial score (nSPS) is 21.1. The predicted octanol–water partition coefficient (Wildman–Crippen LogP) is 11.2. The molecule has 5 aromatic rings. The van der Waals surface area contributed by atoms with Gasteiger partial charge in [-0.05, 0) is 94.5 Å². The van der Waals surface area contributed by atoms with Crippen molar-refractivity contribution in [1.29, 1.82) is 0 Å². The first kappa shape index (κ1) is 30.8. The number of anilines is 1. The first-order valence-corrected chi connectivity index (χ1v) is 17.5. The number of hydrogen-bond donors (Lipinski definition) is 0. The second-order valence-electron chi connectivity index (χ2n) is 16.2. The Balaban J connectivity index is 1.44. The van der Waals surface area contributed by atoms with Crippen LogP contribution in [0.15, 0.2) is 103 Å². The highest BCUT2D eigenvalue weighted by molar-refractivity contribution is 6.08. The van der Waals surface area contributed by atoms with Gasteiger partial charge in [-0.25, -0.2) is 0 Å². The summed E-state index contributed by atoms with van der Waals surface area (Å²) in [6, 6.07) is 35.4. The monoisotopic (exact) mass is 633 g/mol. The van der Waals surface area contributed by atoms with Crippen molar-refractivity contribution in [1.82, 2.24) is 0 Å². The van der Waals surface area contributed by atoms with E-state index >= 15 is 0 Å². The van der Waals surface area contributed by atoms with Gasteiger partial charge >= 0.3 is 0 Å². The largest absolute Gasteiger partial charge is 0.497 e. The Morgan fingerprint density at radius 1 is 0.688 bits per heavy atom. The smallest absolute Gasteiger partial charge is 0.178 e. The van der Waals surface area contributed by atoms with E-state index in [2.05, 4.69) is 144 Å². The van der Waals surface area contributed by atoms with Crippen LogP contribution in [0.5, 0.6) is 11.5 Å².